The molecular weight excluding hydrogens is 360 g/mol. The van der Waals surface area contributed by atoms with Crippen LogP contribution in [-0.4, -0.2) is 25.6 Å². The minimum atomic E-state index is 0.0776. The molecule has 0 bridgehead atoms. The molecule has 0 spiro atoms. The maximum absolute atomic E-state index is 12.7. The highest BCUT2D eigenvalue weighted by atomic mass is 16.5. The molecule has 3 aromatic carbocycles. The number of rotatable bonds is 8. The van der Waals surface area contributed by atoms with Crippen molar-refractivity contribution < 1.29 is 9.53 Å². The Kier molecular flexibility index (Phi) is 6.10. The van der Waals surface area contributed by atoms with Gasteiger partial charge < -0.3 is 15.0 Å². The summed E-state index contributed by atoms with van der Waals surface area (Å²) in [5.41, 5.74) is 4.44. The molecule has 4 heteroatoms. The van der Waals surface area contributed by atoms with Gasteiger partial charge in [0.2, 0.25) is 5.91 Å². The number of nitrogens with one attached hydrogen (secondary N) is 1. The van der Waals surface area contributed by atoms with E-state index < -0.39 is 0 Å². The van der Waals surface area contributed by atoms with Crippen LogP contribution in [0, 0.1) is 0 Å². The number of carbonyl (C=O) groups excluding carboxylic acids is 1. The van der Waals surface area contributed by atoms with Gasteiger partial charge in [-0.2, -0.15) is 0 Å². The number of ether oxygens (including phenoxy) is 1. The Morgan fingerprint density at radius 1 is 0.931 bits per heavy atom. The topological polar surface area (TPSA) is 41.6 Å². The van der Waals surface area contributed by atoms with Gasteiger partial charge in [-0.25, -0.2) is 0 Å². The Hall–Kier alpha value is -3.27. The summed E-state index contributed by atoms with van der Waals surface area (Å²) in [6.07, 6.45) is 2.86. The molecule has 0 saturated heterocycles. The number of anilines is 2. The van der Waals surface area contributed by atoms with Crippen molar-refractivity contribution in [3.05, 3.63) is 90.0 Å². The van der Waals surface area contributed by atoms with Crippen molar-refractivity contribution in [1.29, 1.82) is 0 Å². The van der Waals surface area contributed by atoms with Crippen LogP contribution in [0.1, 0.15) is 17.5 Å². The van der Waals surface area contributed by atoms with Crippen LogP contribution in [0.15, 0.2) is 78.9 Å². The van der Waals surface area contributed by atoms with Gasteiger partial charge in [0.1, 0.15) is 5.75 Å². The van der Waals surface area contributed by atoms with Gasteiger partial charge in [0, 0.05) is 12.2 Å². The lowest BCUT2D eigenvalue weighted by Crippen LogP contribution is -2.34. The molecule has 0 atom stereocenters. The van der Waals surface area contributed by atoms with Gasteiger partial charge in [0.05, 0.1) is 18.8 Å². The van der Waals surface area contributed by atoms with Crippen molar-refractivity contribution in [2.24, 2.45) is 0 Å². The van der Waals surface area contributed by atoms with Gasteiger partial charge in [-0.3, -0.25) is 4.79 Å². The minimum absolute atomic E-state index is 0.0776. The number of amides is 1. The first-order valence-electron chi connectivity index (χ1n) is 10.2. The highest BCUT2D eigenvalue weighted by Crippen LogP contribution is 2.28. The van der Waals surface area contributed by atoms with Crippen molar-refractivity contribution >= 4 is 17.3 Å². The Bertz CT molecular complexity index is 956. The molecule has 0 aliphatic carbocycles. The molecule has 1 aliphatic rings. The molecule has 1 aliphatic heterocycles. The van der Waals surface area contributed by atoms with E-state index >= 15 is 0 Å². The molecule has 1 N–H and O–H groups in total. The maximum atomic E-state index is 12.7. The summed E-state index contributed by atoms with van der Waals surface area (Å²) in [5.74, 6) is 0.865. The van der Waals surface area contributed by atoms with Crippen LogP contribution in [0.3, 0.4) is 0 Å². The molecule has 1 heterocycles. The molecule has 3 aromatic rings. The standard InChI is InChI=1S/C25H26N2O2/c28-25(27-17-16-21-12-4-6-14-23(21)27)19-26-22-13-5-7-15-24(22)29-18-8-11-20-9-2-1-3-10-20/h1-7,9-10,12-15,26H,8,11,16-19H2. The summed E-state index contributed by atoms with van der Waals surface area (Å²) < 4.78 is 5.99. The second kappa shape index (κ2) is 9.28. The van der Waals surface area contributed by atoms with Crippen LogP contribution in [0.2, 0.25) is 0 Å². The lowest BCUT2D eigenvalue weighted by Gasteiger charge is -2.19. The average molecular weight is 386 g/mol. The van der Waals surface area contributed by atoms with Gasteiger partial charge in [0.25, 0.3) is 0 Å². The maximum Gasteiger partial charge on any atom is 0.246 e. The summed E-state index contributed by atoms with van der Waals surface area (Å²) in [6, 6.07) is 26.4. The van der Waals surface area contributed by atoms with Gasteiger partial charge in [-0.15, -0.1) is 0 Å². The predicted octanol–water partition coefficient (Wildman–Crippen LogP) is 4.70. The zero-order chi connectivity index (χ0) is 19.9. The molecule has 0 unspecified atom stereocenters. The van der Waals surface area contributed by atoms with E-state index in [2.05, 4.69) is 35.6 Å². The summed E-state index contributed by atoms with van der Waals surface area (Å²) in [4.78, 5) is 14.6. The van der Waals surface area contributed by atoms with Crippen molar-refractivity contribution in [2.75, 3.05) is 29.9 Å². The van der Waals surface area contributed by atoms with Crippen LogP contribution in [0.4, 0.5) is 11.4 Å². The Morgan fingerprint density at radius 2 is 1.69 bits per heavy atom. The summed E-state index contributed by atoms with van der Waals surface area (Å²) in [7, 11) is 0. The van der Waals surface area contributed by atoms with Crippen LogP contribution in [0.5, 0.6) is 5.75 Å². The highest BCUT2D eigenvalue weighted by molar-refractivity contribution is 5.98. The summed E-state index contributed by atoms with van der Waals surface area (Å²) in [5, 5.41) is 3.26. The molecule has 29 heavy (non-hydrogen) atoms. The normalized spacial score (nSPS) is 12.5. The number of fused-ring (bicyclic) bond motifs is 1. The number of benzene rings is 3. The smallest absolute Gasteiger partial charge is 0.246 e. The fraction of sp³-hybridized carbons (Fsp3) is 0.240. The lowest BCUT2D eigenvalue weighted by atomic mass is 10.1. The summed E-state index contributed by atoms with van der Waals surface area (Å²) >= 11 is 0. The number of para-hydroxylation sites is 3. The zero-order valence-corrected chi connectivity index (χ0v) is 16.5. The van der Waals surface area contributed by atoms with E-state index in [1.165, 1.54) is 11.1 Å². The number of nitrogens with zero attached hydrogens (tertiary/aromatic N) is 1. The second-order valence-corrected chi connectivity index (χ2v) is 7.21. The predicted molar refractivity (Wildman–Crippen MR) is 118 cm³/mol. The fourth-order valence-electron chi connectivity index (χ4n) is 3.71. The first kappa shape index (κ1) is 19.1. The monoisotopic (exact) mass is 386 g/mol. The van der Waals surface area contributed by atoms with Gasteiger partial charge in [-0.1, -0.05) is 60.7 Å². The zero-order valence-electron chi connectivity index (χ0n) is 16.5. The van der Waals surface area contributed by atoms with Crippen molar-refractivity contribution in [1.82, 2.24) is 0 Å². The van der Waals surface area contributed by atoms with E-state index in [-0.39, 0.29) is 12.5 Å². The van der Waals surface area contributed by atoms with E-state index in [9.17, 15) is 4.79 Å². The molecular formula is C25H26N2O2. The van der Waals surface area contributed by atoms with E-state index in [1.807, 2.05) is 53.4 Å². The third kappa shape index (κ3) is 4.77. The van der Waals surface area contributed by atoms with Gasteiger partial charge >= 0.3 is 0 Å². The molecule has 1 amide bonds. The number of hydrogen-bond acceptors (Lipinski definition) is 3. The van der Waals surface area contributed by atoms with Crippen molar-refractivity contribution in [3.63, 3.8) is 0 Å². The van der Waals surface area contributed by atoms with E-state index in [1.54, 1.807) is 0 Å². The van der Waals surface area contributed by atoms with Crippen LogP contribution in [-0.2, 0) is 17.6 Å². The van der Waals surface area contributed by atoms with Gasteiger partial charge in [0.15, 0.2) is 0 Å². The highest BCUT2D eigenvalue weighted by Gasteiger charge is 2.23. The van der Waals surface area contributed by atoms with Gasteiger partial charge in [-0.05, 0) is 48.6 Å². The Labute approximate surface area is 172 Å². The minimum Gasteiger partial charge on any atom is -0.491 e. The number of aryl methyl sites for hydroxylation is 1. The Balaban J connectivity index is 1.30. The first-order chi connectivity index (χ1) is 14.3. The third-order valence-corrected chi connectivity index (χ3v) is 5.22. The third-order valence-electron chi connectivity index (χ3n) is 5.22. The molecule has 4 rings (SSSR count). The van der Waals surface area contributed by atoms with Crippen molar-refractivity contribution in [3.8, 4) is 5.75 Å². The molecule has 0 fully saturated rings. The molecule has 0 aromatic heterocycles. The molecule has 0 saturated carbocycles. The van der Waals surface area contributed by atoms with E-state index in [0.29, 0.717) is 6.61 Å². The summed E-state index contributed by atoms with van der Waals surface area (Å²) in [6.45, 7) is 1.64. The second-order valence-electron chi connectivity index (χ2n) is 7.21. The molecule has 0 radical (unpaired) electrons. The van der Waals surface area contributed by atoms with Crippen LogP contribution < -0.4 is 15.0 Å². The average Bonchev–Trinajstić information content (AvgIpc) is 3.21. The first-order valence-corrected chi connectivity index (χ1v) is 10.2. The number of carbonyl (C=O) groups is 1. The van der Waals surface area contributed by atoms with Crippen molar-refractivity contribution in [2.45, 2.75) is 19.3 Å². The fourth-order valence-corrected chi connectivity index (χ4v) is 3.71. The number of hydrogen-bond donors (Lipinski definition) is 1. The van der Waals surface area contributed by atoms with Crippen LogP contribution >= 0.6 is 0 Å². The SMILES string of the molecule is O=C(CNc1ccccc1OCCCc1ccccc1)N1CCc2ccccc21. The molecule has 4 nitrogen and oxygen atoms in total. The van der Waals surface area contributed by atoms with E-state index in [4.69, 9.17) is 4.74 Å². The largest absolute Gasteiger partial charge is 0.491 e. The van der Waals surface area contributed by atoms with E-state index in [0.717, 1.165) is 42.9 Å². The van der Waals surface area contributed by atoms with Crippen LogP contribution in [0.25, 0.3) is 0 Å². The Morgan fingerprint density at radius 3 is 2.59 bits per heavy atom. The quantitative estimate of drug-likeness (QED) is 0.571. The molecule has 148 valence electrons. The lowest BCUT2D eigenvalue weighted by molar-refractivity contribution is -0.116.